The monoisotopic (exact) mass is 306 g/mol. The van der Waals surface area contributed by atoms with Crippen LogP contribution in [-0.4, -0.2) is 23.0 Å². The highest BCUT2D eigenvalue weighted by atomic mass is 16.5. The summed E-state index contributed by atoms with van der Waals surface area (Å²) in [7, 11) is 0. The molecule has 0 aromatic carbocycles. The highest BCUT2D eigenvalue weighted by Crippen LogP contribution is 2.37. The van der Waals surface area contributed by atoms with Gasteiger partial charge in [-0.15, -0.1) is 0 Å². The second kappa shape index (κ2) is 6.35. The van der Waals surface area contributed by atoms with Gasteiger partial charge in [0.1, 0.15) is 0 Å². The highest BCUT2D eigenvalue weighted by Gasteiger charge is 2.33. The third-order valence-electron chi connectivity index (χ3n) is 4.59. The van der Waals surface area contributed by atoms with Gasteiger partial charge >= 0.3 is 0 Å². The fraction of sp³-hybridized carbons (Fsp3) is 0.842. The first kappa shape index (κ1) is 17.5. The van der Waals surface area contributed by atoms with Crippen LogP contribution in [0.15, 0.2) is 0 Å². The van der Waals surface area contributed by atoms with Crippen LogP contribution in [0.4, 0.5) is 0 Å². The van der Waals surface area contributed by atoms with Gasteiger partial charge in [0, 0.05) is 36.4 Å². The molecule has 1 aromatic rings. The van der Waals surface area contributed by atoms with Crippen LogP contribution in [0.3, 0.4) is 0 Å². The molecule has 0 unspecified atom stereocenters. The Morgan fingerprint density at radius 3 is 2.09 bits per heavy atom. The van der Waals surface area contributed by atoms with E-state index in [0.29, 0.717) is 5.92 Å². The zero-order valence-electron chi connectivity index (χ0n) is 15.6. The normalized spacial score (nSPS) is 18.0. The van der Waals surface area contributed by atoms with Gasteiger partial charge in [-0.2, -0.15) is 5.10 Å². The summed E-state index contributed by atoms with van der Waals surface area (Å²) in [5.74, 6) is 0.701. The Morgan fingerprint density at radius 2 is 1.64 bits per heavy atom. The molecular weight excluding hydrogens is 272 g/mol. The molecule has 0 bridgehead atoms. The molecule has 1 aliphatic rings. The summed E-state index contributed by atoms with van der Waals surface area (Å²) in [6.45, 7) is 19.0. The second-order valence-corrected chi connectivity index (χ2v) is 8.76. The Morgan fingerprint density at radius 1 is 1.05 bits per heavy atom. The molecule has 0 amide bonds. The van der Waals surface area contributed by atoms with Crippen molar-refractivity contribution in [3.8, 4) is 0 Å². The van der Waals surface area contributed by atoms with Gasteiger partial charge < -0.3 is 4.74 Å². The summed E-state index contributed by atoms with van der Waals surface area (Å²) in [5.41, 5.74) is 4.44. The number of rotatable bonds is 3. The van der Waals surface area contributed by atoms with Crippen molar-refractivity contribution in [2.45, 2.75) is 85.1 Å². The summed E-state index contributed by atoms with van der Waals surface area (Å²) in [5, 5.41) is 5.03. The molecule has 0 aliphatic carbocycles. The van der Waals surface area contributed by atoms with Crippen LogP contribution in [0.5, 0.6) is 0 Å². The third kappa shape index (κ3) is 3.73. The minimum Gasteiger partial charge on any atom is -0.381 e. The summed E-state index contributed by atoms with van der Waals surface area (Å²) >= 11 is 0. The maximum atomic E-state index is 5.51. The van der Waals surface area contributed by atoms with Crippen molar-refractivity contribution in [3.05, 3.63) is 17.0 Å². The van der Waals surface area contributed by atoms with Crippen LogP contribution < -0.4 is 0 Å². The predicted octanol–water partition coefficient (Wildman–Crippen LogP) is 4.47. The van der Waals surface area contributed by atoms with Crippen molar-refractivity contribution in [3.63, 3.8) is 0 Å². The first-order chi connectivity index (χ1) is 10.1. The summed E-state index contributed by atoms with van der Waals surface area (Å²) < 4.78 is 7.84. The SMILES string of the molecule is CCc1nn(CC2CCOCC2)c(C(C)(C)C)c1C(C)(C)C. The van der Waals surface area contributed by atoms with Crippen LogP contribution in [0.2, 0.25) is 0 Å². The minimum absolute atomic E-state index is 0.119. The first-order valence-corrected chi connectivity index (χ1v) is 8.83. The number of hydrogen-bond donors (Lipinski definition) is 0. The molecule has 2 rings (SSSR count). The zero-order chi connectivity index (χ0) is 16.5. The van der Waals surface area contributed by atoms with Crippen LogP contribution in [0, 0.1) is 5.92 Å². The maximum absolute atomic E-state index is 5.51. The molecule has 0 saturated carbocycles. The Hall–Kier alpha value is -0.830. The molecular formula is C19H34N2O. The van der Waals surface area contributed by atoms with Gasteiger partial charge in [0.25, 0.3) is 0 Å². The maximum Gasteiger partial charge on any atom is 0.0662 e. The molecule has 1 aliphatic heterocycles. The van der Waals surface area contributed by atoms with E-state index in [1.54, 1.807) is 0 Å². The second-order valence-electron chi connectivity index (χ2n) is 8.76. The van der Waals surface area contributed by atoms with E-state index in [4.69, 9.17) is 9.84 Å². The molecule has 126 valence electrons. The average Bonchev–Trinajstić information content (AvgIpc) is 2.78. The third-order valence-corrected chi connectivity index (χ3v) is 4.59. The molecule has 1 fully saturated rings. The molecule has 3 nitrogen and oxygen atoms in total. The number of ether oxygens (including phenoxy) is 1. The lowest BCUT2D eigenvalue weighted by atomic mass is 9.77. The highest BCUT2D eigenvalue weighted by molar-refractivity contribution is 5.37. The van der Waals surface area contributed by atoms with Gasteiger partial charge in [0.05, 0.1) is 5.69 Å². The van der Waals surface area contributed by atoms with Crippen molar-refractivity contribution in [1.82, 2.24) is 9.78 Å². The zero-order valence-corrected chi connectivity index (χ0v) is 15.6. The van der Waals surface area contributed by atoms with Crippen LogP contribution in [0.25, 0.3) is 0 Å². The van der Waals surface area contributed by atoms with E-state index in [0.717, 1.165) is 39.0 Å². The molecule has 0 radical (unpaired) electrons. The van der Waals surface area contributed by atoms with Crippen LogP contribution >= 0.6 is 0 Å². The standard InChI is InChI=1S/C19H34N2O/c1-8-15-16(18(2,3)4)17(19(5,6)7)21(20-15)13-14-9-11-22-12-10-14/h14H,8-13H2,1-7H3. The van der Waals surface area contributed by atoms with E-state index >= 15 is 0 Å². The lowest BCUT2D eigenvalue weighted by Gasteiger charge is -2.30. The summed E-state index contributed by atoms with van der Waals surface area (Å²) in [6, 6.07) is 0. The first-order valence-electron chi connectivity index (χ1n) is 8.83. The number of aryl methyl sites for hydroxylation is 1. The average molecular weight is 306 g/mol. The van der Waals surface area contributed by atoms with Gasteiger partial charge in [0.15, 0.2) is 0 Å². The Bertz CT molecular complexity index is 497. The lowest BCUT2D eigenvalue weighted by Crippen LogP contribution is -2.28. The van der Waals surface area contributed by atoms with E-state index in [-0.39, 0.29) is 10.8 Å². The fourth-order valence-corrected chi connectivity index (χ4v) is 3.61. The molecule has 0 atom stereocenters. The van der Waals surface area contributed by atoms with Crippen LogP contribution in [-0.2, 0) is 28.5 Å². The summed E-state index contributed by atoms with van der Waals surface area (Å²) in [4.78, 5) is 0. The molecule has 1 aromatic heterocycles. The smallest absolute Gasteiger partial charge is 0.0662 e. The van der Waals surface area contributed by atoms with Crippen molar-refractivity contribution < 1.29 is 4.74 Å². The van der Waals surface area contributed by atoms with Crippen LogP contribution in [0.1, 0.15) is 78.3 Å². The van der Waals surface area contributed by atoms with E-state index in [9.17, 15) is 0 Å². The molecule has 0 spiro atoms. The van der Waals surface area contributed by atoms with Gasteiger partial charge in [-0.1, -0.05) is 48.5 Å². The van der Waals surface area contributed by atoms with E-state index in [1.807, 2.05) is 0 Å². The van der Waals surface area contributed by atoms with Crippen molar-refractivity contribution in [2.24, 2.45) is 5.92 Å². The Kier molecular flexibility index (Phi) is 5.06. The predicted molar refractivity (Wildman–Crippen MR) is 92.5 cm³/mol. The largest absolute Gasteiger partial charge is 0.381 e. The van der Waals surface area contributed by atoms with E-state index in [2.05, 4.69) is 53.1 Å². The molecule has 22 heavy (non-hydrogen) atoms. The number of hydrogen-bond acceptors (Lipinski definition) is 2. The molecule has 0 N–H and O–H groups in total. The van der Waals surface area contributed by atoms with Crippen molar-refractivity contribution in [2.75, 3.05) is 13.2 Å². The topological polar surface area (TPSA) is 27.1 Å². The van der Waals surface area contributed by atoms with Gasteiger partial charge in [-0.05, 0) is 30.6 Å². The number of aromatic nitrogens is 2. The van der Waals surface area contributed by atoms with Crippen molar-refractivity contribution >= 4 is 0 Å². The van der Waals surface area contributed by atoms with E-state index in [1.165, 1.54) is 17.0 Å². The quantitative estimate of drug-likeness (QED) is 0.824. The Balaban J connectivity index is 2.46. The lowest BCUT2D eigenvalue weighted by molar-refractivity contribution is 0.0595. The van der Waals surface area contributed by atoms with Gasteiger partial charge in [-0.25, -0.2) is 0 Å². The molecule has 1 saturated heterocycles. The molecule has 2 heterocycles. The summed E-state index contributed by atoms with van der Waals surface area (Å²) in [6.07, 6.45) is 3.34. The van der Waals surface area contributed by atoms with E-state index < -0.39 is 0 Å². The fourth-order valence-electron chi connectivity index (χ4n) is 3.61. The van der Waals surface area contributed by atoms with Gasteiger partial charge in [0.2, 0.25) is 0 Å². The number of nitrogens with zero attached hydrogens (tertiary/aromatic N) is 2. The van der Waals surface area contributed by atoms with Gasteiger partial charge in [-0.3, -0.25) is 4.68 Å². The Labute approximate surface area is 136 Å². The molecule has 3 heteroatoms. The van der Waals surface area contributed by atoms with Crippen molar-refractivity contribution in [1.29, 1.82) is 0 Å². The minimum atomic E-state index is 0.119.